The average molecular weight is 373 g/mol. The maximum Gasteiger partial charge on any atom is 0.341 e. The summed E-state index contributed by atoms with van der Waals surface area (Å²) in [6.07, 6.45) is 0. The quantitative estimate of drug-likeness (QED) is 0.757. The first-order chi connectivity index (χ1) is 12.3. The van der Waals surface area contributed by atoms with Crippen LogP contribution >= 0.6 is 11.6 Å². The minimum absolute atomic E-state index is 0.0876. The van der Waals surface area contributed by atoms with Gasteiger partial charge in [0.15, 0.2) is 0 Å². The number of aryl methyl sites for hydroxylation is 1. The van der Waals surface area contributed by atoms with Crippen LogP contribution < -0.4 is 5.56 Å². The third-order valence-electron chi connectivity index (χ3n) is 3.90. The number of hydrogen-bond acceptors (Lipinski definition) is 3. The van der Waals surface area contributed by atoms with E-state index >= 15 is 0 Å². The molecule has 0 amide bonds. The molecule has 0 atom stereocenters. The molecule has 0 fully saturated rings. The van der Waals surface area contributed by atoms with Crippen molar-refractivity contribution < 1.29 is 14.3 Å². The van der Waals surface area contributed by atoms with Crippen molar-refractivity contribution in [2.75, 3.05) is 0 Å². The molecule has 1 heterocycles. The Morgan fingerprint density at radius 2 is 1.88 bits per heavy atom. The molecule has 2 aromatic carbocycles. The number of rotatable bonds is 4. The number of carboxylic acids is 1. The van der Waals surface area contributed by atoms with Crippen LogP contribution in [0.1, 0.15) is 21.5 Å². The predicted octanol–water partition coefficient (Wildman–Crippen LogP) is 3.76. The summed E-state index contributed by atoms with van der Waals surface area (Å²) in [7, 11) is 0. The summed E-state index contributed by atoms with van der Waals surface area (Å²) in [4.78, 5) is 23.9. The normalized spacial score (nSPS) is 10.7. The molecule has 3 rings (SSSR count). The van der Waals surface area contributed by atoms with E-state index in [0.29, 0.717) is 16.1 Å². The van der Waals surface area contributed by atoms with Crippen molar-refractivity contribution in [2.24, 2.45) is 0 Å². The molecule has 3 aromatic rings. The molecular formula is C19H14ClFN2O3. The van der Waals surface area contributed by atoms with Gasteiger partial charge in [-0.1, -0.05) is 23.7 Å². The van der Waals surface area contributed by atoms with Crippen LogP contribution in [0.5, 0.6) is 0 Å². The summed E-state index contributed by atoms with van der Waals surface area (Å²) >= 11 is 5.85. The van der Waals surface area contributed by atoms with Gasteiger partial charge in [-0.25, -0.2) is 13.9 Å². The van der Waals surface area contributed by atoms with E-state index < -0.39 is 17.1 Å². The second kappa shape index (κ2) is 7.09. The van der Waals surface area contributed by atoms with Gasteiger partial charge in [0.2, 0.25) is 0 Å². The Bertz CT molecular complexity index is 1050. The molecular weight excluding hydrogens is 359 g/mol. The summed E-state index contributed by atoms with van der Waals surface area (Å²) in [5.41, 5.74) is 0.834. The van der Waals surface area contributed by atoms with E-state index in [2.05, 4.69) is 5.10 Å². The van der Waals surface area contributed by atoms with Crippen LogP contribution in [0, 0.1) is 12.7 Å². The van der Waals surface area contributed by atoms with E-state index in [-0.39, 0.29) is 18.1 Å². The number of aromatic nitrogens is 2. The van der Waals surface area contributed by atoms with Crippen LogP contribution in [-0.4, -0.2) is 20.9 Å². The Morgan fingerprint density at radius 3 is 2.50 bits per heavy atom. The smallest absolute Gasteiger partial charge is 0.341 e. The number of nitrogens with zero attached hydrogens (tertiary/aromatic N) is 2. The Hall–Kier alpha value is -2.99. The number of aromatic carboxylic acids is 1. The minimum Gasteiger partial charge on any atom is -0.477 e. The zero-order chi connectivity index (χ0) is 18.8. The maximum atomic E-state index is 13.5. The molecule has 0 unspecified atom stereocenters. The van der Waals surface area contributed by atoms with Gasteiger partial charge in [0.25, 0.3) is 5.56 Å². The van der Waals surface area contributed by atoms with Gasteiger partial charge in [0, 0.05) is 10.6 Å². The highest BCUT2D eigenvalue weighted by atomic mass is 35.5. The second-order valence-corrected chi connectivity index (χ2v) is 6.24. The molecule has 0 spiro atoms. The van der Waals surface area contributed by atoms with Crippen molar-refractivity contribution >= 4 is 17.6 Å². The van der Waals surface area contributed by atoms with Crippen molar-refractivity contribution in [1.82, 2.24) is 9.78 Å². The summed E-state index contributed by atoms with van der Waals surface area (Å²) in [6, 6.07) is 12.3. The minimum atomic E-state index is -1.35. The molecule has 0 bridgehead atoms. The van der Waals surface area contributed by atoms with Crippen LogP contribution in [0.15, 0.2) is 53.3 Å². The Labute approximate surface area is 153 Å². The lowest BCUT2D eigenvalue weighted by Gasteiger charge is -2.10. The Kier molecular flexibility index (Phi) is 4.86. The molecule has 1 N–H and O–H groups in total. The van der Waals surface area contributed by atoms with Crippen molar-refractivity contribution in [3.63, 3.8) is 0 Å². The standard InChI is InChI=1S/C19H14ClFN2O3/c1-11-8-13(4-7-16(11)21)17-9-15(19(25)26)18(24)23(22-17)10-12-2-5-14(20)6-3-12/h2-9H,10H2,1H3,(H,25,26). The molecule has 0 saturated carbocycles. The first-order valence-electron chi connectivity index (χ1n) is 7.71. The first-order valence-corrected chi connectivity index (χ1v) is 8.09. The molecule has 0 aliphatic heterocycles. The number of halogens is 2. The van der Waals surface area contributed by atoms with Gasteiger partial charge in [-0.15, -0.1) is 0 Å². The summed E-state index contributed by atoms with van der Waals surface area (Å²) < 4.78 is 14.6. The van der Waals surface area contributed by atoms with E-state index in [4.69, 9.17) is 11.6 Å². The van der Waals surface area contributed by atoms with Gasteiger partial charge in [0.1, 0.15) is 11.4 Å². The summed E-state index contributed by atoms with van der Waals surface area (Å²) in [5, 5.41) is 14.2. The fraction of sp³-hybridized carbons (Fsp3) is 0.105. The highest BCUT2D eigenvalue weighted by Crippen LogP contribution is 2.20. The molecule has 7 heteroatoms. The van der Waals surface area contributed by atoms with Gasteiger partial charge in [-0.2, -0.15) is 5.10 Å². The Balaban J connectivity index is 2.12. The third-order valence-corrected chi connectivity index (χ3v) is 4.16. The lowest BCUT2D eigenvalue weighted by atomic mass is 10.1. The third kappa shape index (κ3) is 3.65. The SMILES string of the molecule is Cc1cc(-c2cc(C(=O)O)c(=O)n(Cc3ccc(Cl)cc3)n2)ccc1F. The molecule has 132 valence electrons. The molecule has 5 nitrogen and oxygen atoms in total. The van der Waals surface area contributed by atoms with Crippen molar-refractivity contribution in [3.8, 4) is 11.3 Å². The average Bonchev–Trinajstić information content (AvgIpc) is 2.60. The van der Waals surface area contributed by atoms with E-state index in [1.165, 1.54) is 18.2 Å². The van der Waals surface area contributed by atoms with Crippen molar-refractivity contribution in [2.45, 2.75) is 13.5 Å². The predicted molar refractivity (Wildman–Crippen MR) is 96.1 cm³/mol. The zero-order valence-electron chi connectivity index (χ0n) is 13.7. The van der Waals surface area contributed by atoms with Gasteiger partial charge < -0.3 is 5.11 Å². The number of benzene rings is 2. The van der Waals surface area contributed by atoms with Gasteiger partial charge >= 0.3 is 5.97 Å². The van der Waals surface area contributed by atoms with Crippen LogP contribution in [0.2, 0.25) is 5.02 Å². The molecule has 0 aliphatic carbocycles. The summed E-state index contributed by atoms with van der Waals surface area (Å²) in [5.74, 6) is -1.72. The number of hydrogen-bond donors (Lipinski definition) is 1. The first kappa shape index (κ1) is 17.8. The van der Waals surface area contributed by atoms with Gasteiger partial charge in [0.05, 0.1) is 12.2 Å². The Morgan fingerprint density at radius 1 is 1.19 bits per heavy atom. The van der Waals surface area contributed by atoms with Crippen LogP contribution in [0.25, 0.3) is 11.3 Å². The van der Waals surface area contributed by atoms with Crippen LogP contribution in [0.4, 0.5) is 4.39 Å². The van der Waals surface area contributed by atoms with Crippen molar-refractivity contribution in [1.29, 1.82) is 0 Å². The number of carboxylic acid groups (broad SMARTS) is 1. The van der Waals surface area contributed by atoms with E-state index in [1.54, 1.807) is 37.3 Å². The molecule has 1 aromatic heterocycles. The van der Waals surface area contributed by atoms with Gasteiger partial charge in [-0.05, 0) is 54.4 Å². The van der Waals surface area contributed by atoms with E-state index in [9.17, 15) is 19.1 Å². The van der Waals surface area contributed by atoms with E-state index in [0.717, 1.165) is 10.2 Å². The topological polar surface area (TPSA) is 72.2 Å². The lowest BCUT2D eigenvalue weighted by molar-refractivity contribution is 0.0693. The lowest BCUT2D eigenvalue weighted by Crippen LogP contribution is -2.29. The summed E-state index contributed by atoms with van der Waals surface area (Å²) in [6.45, 7) is 1.69. The maximum absolute atomic E-state index is 13.5. The van der Waals surface area contributed by atoms with Crippen LogP contribution in [-0.2, 0) is 6.54 Å². The molecule has 0 saturated heterocycles. The second-order valence-electron chi connectivity index (χ2n) is 5.80. The zero-order valence-corrected chi connectivity index (χ0v) is 14.5. The largest absolute Gasteiger partial charge is 0.477 e. The monoisotopic (exact) mass is 372 g/mol. The van der Waals surface area contributed by atoms with Gasteiger partial charge in [-0.3, -0.25) is 4.79 Å². The fourth-order valence-electron chi connectivity index (χ4n) is 2.51. The van der Waals surface area contributed by atoms with E-state index in [1.807, 2.05) is 0 Å². The molecule has 0 aliphatic rings. The van der Waals surface area contributed by atoms with Crippen LogP contribution in [0.3, 0.4) is 0 Å². The molecule has 26 heavy (non-hydrogen) atoms. The van der Waals surface area contributed by atoms with Crippen molar-refractivity contribution in [3.05, 3.63) is 86.4 Å². The number of carbonyl (C=O) groups is 1. The molecule has 0 radical (unpaired) electrons. The fourth-order valence-corrected chi connectivity index (χ4v) is 2.64. The highest BCUT2D eigenvalue weighted by molar-refractivity contribution is 6.30. The highest BCUT2D eigenvalue weighted by Gasteiger charge is 2.16.